The molecule has 3 heterocycles. The van der Waals surface area contributed by atoms with Crippen LogP contribution in [0.2, 0.25) is 0 Å². The lowest BCUT2D eigenvalue weighted by molar-refractivity contribution is 0.435. The van der Waals surface area contributed by atoms with Gasteiger partial charge in [0.1, 0.15) is 0 Å². The molecular weight excluding hydrogens is 258 g/mol. The number of hydrogen-bond donors (Lipinski definition) is 3. The maximum Gasteiger partial charge on any atom is 0.0965 e. The van der Waals surface area contributed by atoms with Crippen LogP contribution in [-0.4, -0.2) is 34.1 Å². The predicted molar refractivity (Wildman–Crippen MR) is 76.3 cm³/mol. The molecule has 1 aliphatic rings. The highest BCUT2D eigenvalue weighted by Gasteiger charge is 2.19. The number of imidazole rings is 1. The third-order valence-electron chi connectivity index (χ3n) is 3.53. The summed E-state index contributed by atoms with van der Waals surface area (Å²) in [7, 11) is 0. The van der Waals surface area contributed by atoms with Crippen molar-refractivity contribution in [3.05, 3.63) is 34.3 Å². The highest BCUT2D eigenvalue weighted by molar-refractivity contribution is 7.09. The Hall–Kier alpha value is -1.24. The molecule has 0 fully saturated rings. The summed E-state index contributed by atoms with van der Waals surface area (Å²) in [5.74, 6) is 0.476. The van der Waals surface area contributed by atoms with Gasteiger partial charge < -0.3 is 15.6 Å². The molecule has 6 heteroatoms. The van der Waals surface area contributed by atoms with Gasteiger partial charge in [0.05, 0.1) is 22.7 Å². The van der Waals surface area contributed by atoms with Gasteiger partial charge in [-0.2, -0.15) is 0 Å². The van der Waals surface area contributed by atoms with Crippen molar-refractivity contribution in [2.24, 2.45) is 0 Å². The summed E-state index contributed by atoms with van der Waals surface area (Å²) in [4.78, 5) is 11.9. The van der Waals surface area contributed by atoms with Crippen LogP contribution in [0.15, 0.2) is 17.9 Å². The fraction of sp³-hybridized carbons (Fsp3) is 0.538. The first-order valence-corrected chi connectivity index (χ1v) is 7.55. The van der Waals surface area contributed by atoms with Crippen molar-refractivity contribution in [2.75, 3.05) is 13.1 Å². The molecule has 2 aromatic heterocycles. The molecule has 3 rings (SSSR count). The zero-order chi connectivity index (χ0) is 13.1. The van der Waals surface area contributed by atoms with Crippen molar-refractivity contribution in [1.82, 2.24) is 25.6 Å². The Morgan fingerprint density at radius 2 is 2.47 bits per heavy atom. The smallest absolute Gasteiger partial charge is 0.0965 e. The molecule has 2 atom stereocenters. The number of fused-ring (bicyclic) bond motifs is 1. The van der Waals surface area contributed by atoms with Crippen LogP contribution in [0.25, 0.3) is 0 Å². The summed E-state index contributed by atoms with van der Waals surface area (Å²) in [5.41, 5.74) is 2.44. The molecule has 0 aromatic carbocycles. The maximum atomic E-state index is 4.36. The van der Waals surface area contributed by atoms with E-state index in [0.29, 0.717) is 12.0 Å². The Morgan fingerprint density at radius 1 is 1.53 bits per heavy atom. The van der Waals surface area contributed by atoms with E-state index in [9.17, 15) is 0 Å². The normalized spacial score (nSPS) is 20.2. The van der Waals surface area contributed by atoms with Crippen LogP contribution in [0.4, 0.5) is 0 Å². The average molecular weight is 277 g/mol. The molecule has 2 unspecified atom stereocenters. The summed E-state index contributed by atoms with van der Waals surface area (Å²) in [6, 6.07) is 0.472. The van der Waals surface area contributed by atoms with Crippen molar-refractivity contribution in [3.8, 4) is 0 Å². The number of thiazole rings is 1. The number of aromatic amines is 1. The molecule has 3 N–H and O–H groups in total. The van der Waals surface area contributed by atoms with Crippen LogP contribution in [0, 0.1) is 0 Å². The molecule has 1 aliphatic heterocycles. The minimum atomic E-state index is 0.472. The maximum absolute atomic E-state index is 4.36. The second-order valence-corrected chi connectivity index (χ2v) is 5.97. The monoisotopic (exact) mass is 277 g/mol. The van der Waals surface area contributed by atoms with Crippen LogP contribution in [-0.2, 0) is 13.0 Å². The third kappa shape index (κ3) is 3.02. The van der Waals surface area contributed by atoms with Gasteiger partial charge in [-0.3, -0.25) is 0 Å². The van der Waals surface area contributed by atoms with Crippen LogP contribution < -0.4 is 10.6 Å². The van der Waals surface area contributed by atoms with Gasteiger partial charge in [-0.1, -0.05) is 6.92 Å². The molecule has 0 aliphatic carbocycles. The largest absolute Gasteiger partial charge is 0.347 e. The molecule has 5 nitrogen and oxygen atoms in total. The van der Waals surface area contributed by atoms with Gasteiger partial charge in [0.25, 0.3) is 0 Å². The number of H-pyrrole nitrogens is 1. The Bertz CT molecular complexity index is 507. The molecule has 0 spiro atoms. The van der Waals surface area contributed by atoms with Crippen molar-refractivity contribution >= 4 is 11.3 Å². The Kier molecular flexibility index (Phi) is 3.91. The van der Waals surface area contributed by atoms with E-state index in [1.807, 2.05) is 11.6 Å². The molecular formula is C13H19N5S. The Labute approximate surface area is 116 Å². The van der Waals surface area contributed by atoms with E-state index in [0.717, 1.165) is 26.1 Å². The number of aromatic nitrogens is 3. The Balaban J connectivity index is 1.44. The van der Waals surface area contributed by atoms with Gasteiger partial charge in [-0.05, 0) is 0 Å². The van der Waals surface area contributed by atoms with Crippen LogP contribution in [0.1, 0.15) is 29.2 Å². The lowest BCUT2D eigenvalue weighted by atomic mass is 10.1. The first kappa shape index (κ1) is 12.8. The molecule has 0 saturated heterocycles. The first-order valence-electron chi connectivity index (χ1n) is 6.67. The number of hydrogen-bond acceptors (Lipinski definition) is 5. The quantitative estimate of drug-likeness (QED) is 0.770. The van der Waals surface area contributed by atoms with E-state index >= 15 is 0 Å². The van der Waals surface area contributed by atoms with Crippen molar-refractivity contribution < 1.29 is 0 Å². The van der Waals surface area contributed by atoms with E-state index in [1.165, 1.54) is 16.4 Å². The van der Waals surface area contributed by atoms with Gasteiger partial charge in [0.2, 0.25) is 0 Å². The summed E-state index contributed by atoms with van der Waals surface area (Å²) >= 11 is 1.73. The van der Waals surface area contributed by atoms with Gasteiger partial charge in [0.15, 0.2) is 0 Å². The fourth-order valence-corrected chi connectivity index (χ4v) is 3.11. The van der Waals surface area contributed by atoms with Crippen molar-refractivity contribution in [2.45, 2.75) is 31.8 Å². The molecule has 0 amide bonds. The average Bonchev–Trinajstić information content (AvgIpc) is 3.09. The van der Waals surface area contributed by atoms with Gasteiger partial charge >= 0.3 is 0 Å². The second kappa shape index (κ2) is 5.81. The highest BCUT2D eigenvalue weighted by atomic mass is 32.1. The SMILES string of the molecule is CC(CNCC1Cc2nc[nH]c2CN1)c1nccs1. The molecule has 0 radical (unpaired) electrons. The highest BCUT2D eigenvalue weighted by Crippen LogP contribution is 2.16. The molecule has 0 bridgehead atoms. The van der Waals surface area contributed by atoms with Crippen LogP contribution in [0.3, 0.4) is 0 Å². The number of rotatable bonds is 5. The van der Waals surface area contributed by atoms with E-state index in [4.69, 9.17) is 0 Å². The standard InChI is InChI=1S/C13H19N5S/c1-9(13-15-2-3-19-13)5-14-6-10-4-11-12(7-16-10)18-8-17-11/h2-3,8-10,14,16H,4-7H2,1H3,(H,17,18). The minimum Gasteiger partial charge on any atom is -0.347 e. The van der Waals surface area contributed by atoms with E-state index < -0.39 is 0 Å². The topological polar surface area (TPSA) is 65.6 Å². The van der Waals surface area contributed by atoms with E-state index in [2.05, 4.69) is 32.5 Å². The van der Waals surface area contributed by atoms with Gasteiger partial charge in [-0.15, -0.1) is 11.3 Å². The van der Waals surface area contributed by atoms with Crippen molar-refractivity contribution in [3.63, 3.8) is 0 Å². The zero-order valence-corrected chi connectivity index (χ0v) is 11.8. The zero-order valence-electron chi connectivity index (χ0n) is 11.0. The van der Waals surface area contributed by atoms with Gasteiger partial charge in [0, 0.05) is 49.6 Å². The van der Waals surface area contributed by atoms with Crippen molar-refractivity contribution in [1.29, 1.82) is 0 Å². The molecule has 102 valence electrons. The summed E-state index contributed by atoms with van der Waals surface area (Å²) < 4.78 is 0. The van der Waals surface area contributed by atoms with E-state index in [1.54, 1.807) is 17.7 Å². The lowest BCUT2D eigenvalue weighted by Gasteiger charge is -2.24. The second-order valence-electron chi connectivity index (χ2n) is 5.04. The molecule has 0 saturated carbocycles. The van der Waals surface area contributed by atoms with Gasteiger partial charge in [-0.25, -0.2) is 9.97 Å². The number of nitrogens with one attached hydrogen (secondary N) is 3. The third-order valence-corrected chi connectivity index (χ3v) is 4.54. The molecule has 19 heavy (non-hydrogen) atoms. The predicted octanol–water partition coefficient (Wildman–Crippen LogP) is 1.27. The van der Waals surface area contributed by atoms with Crippen LogP contribution in [0.5, 0.6) is 0 Å². The number of nitrogens with zero attached hydrogens (tertiary/aromatic N) is 2. The summed E-state index contributed by atoms with van der Waals surface area (Å²) in [6.07, 6.45) is 4.66. The molecule has 2 aromatic rings. The summed E-state index contributed by atoms with van der Waals surface area (Å²) in [5, 5.41) is 10.3. The Morgan fingerprint density at radius 3 is 3.32 bits per heavy atom. The fourth-order valence-electron chi connectivity index (χ4n) is 2.41. The van der Waals surface area contributed by atoms with E-state index in [-0.39, 0.29) is 0 Å². The lowest BCUT2D eigenvalue weighted by Crippen LogP contribution is -2.43. The van der Waals surface area contributed by atoms with Crippen LogP contribution >= 0.6 is 11.3 Å². The summed E-state index contributed by atoms with van der Waals surface area (Å²) in [6.45, 7) is 5.05. The first-order chi connectivity index (χ1) is 9.33. The minimum absolute atomic E-state index is 0.472.